The topological polar surface area (TPSA) is 15.6 Å². The van der Waals surface area contributed by atoms with Crippen LogP contribution in [0.2, 0.25) is 0 Å². The SMILES string of the molecule is C=CN(C)C(=NC)C(C)C. The van der Waals surface area contributed by atoms with Crippen molar-refractivity contribution >= 4 is 5.84 Å². The summed E-state index contributed by atoms with van der Waals surface area (Å²) in [4.78, 5) is 6.06. The van der Waals surface area contributed by atoms with Gasteiger partial charge in [-0.2, -0.15) is 0 Å². The number of aliphatic imine (C=N–C) groups is 1. The number of nitrogens with zero attached hydrogens (tertiary/aromatic N) is 2. The minimum Gasteiger partial charge on any atom is -0.340 e. The van der Waals surface area contributed by atoms with E-state index in [1.165, 1.54) is 0 Å². The first kappa shape index (κ1) is 9.21. The molecular weight excluding hydrogens is 124 g/mol. The third-order valence-electron chi connectivity index (χ3n) is 1.38. The van der Waals surface area contributed by atoms with Crippen LogP contribution in [0.4, 0.5) is 0 Å². The normalized spacial score (nSPS) is 11.9. The van der Waals surface area contributed by atoms with Crippen LogP contribution >= 0.6 is 0 Å². The molecule has 0 aliphatic rings. The first-order chi connectivity index (χ1) is 4.63. The first-order valence-electron chi connectivity index (χ1n) is 3.45. The molecule has 0 aromatic heterocycles. The van der Waals surface area contributed by atoms with Crippen molar-refractivity contribution in [1.29, 1.82) is 0 Å². The van der Waals surface area contributed by atoms with Gasteiger partial charge >= 0.3 is 0 Å². The lowest BCUT2D eigenvalue weighted by atomic mass is 10.2. The predicted molar refractivity (Wildman–Crippen MR) is 46.2 cm³/mol. The summed E-state index contributed by atoms with van der Waals surface area (Å²) in [5.74, 6) is 1.53. The maximum absolute atomic E-state index is 4.13. The van der Waals surface area contributed by atoms with Crippen molar-refractivity contribution in [3.05, 3.63) is 12.8 Å². The molecule has 0 fully saturated rings. The summed E-state index contributed by atoms with van der Waals surface area (Å²) in [5, 5.41) is 0. The minimum atomic E-state index is 0.466. The van der Waals surface area contributed by atoms with E-state index in [0.717, 1.165) is 5.84 Å². The third kappa shape index (κ3) is 2.21. The van der Waals surface area contributed by atoms with Gasteiger partial charge in [0, 0.05) is 20.0 Å². The zero-order valence-electron chi connectivity index (χ0n) is 7.26. The van der Waals surface area contributed by atoms with Crippen molar-refractivity contribution in [3.63, 3.8) is 0 Å². The second-order valence-electron chi connectivity index (χ2n) is 2.53. The molecule has 0 heterocycles. The maximum Gasteiger partial charge on any atom is 0.105 e. The lowest BCUT2D eigenvalue weighted by Crippen LogP contribution is -2.25. The van der Waals surface area contributed by atoms with E-state index in [1.54, 1.807) is 13.2 Å². The van der Waals surface area contributed by atoms with Gasteiger partial charge in [0.15, 0.2) is 0 Å². The molecule has 0 N–H and O–H groups in total. The Kier molecular flexibility index (Phi) is 3.77. The van der Waals surface area contributed by atoms with Gasteiger partial charge in [-0.1, -0.05) is 20.4 Å². The van der Waals surface area contributed by atoms with Crippen LogP contribution in [0.5, 0.6) is 0 Å². The monoisotopic (exact) mass is 140 g/mol. The summed E-state index contributed by atoms with van der Waals surface area (Å²) in [5.41, 5.74) is 0. The standard InChI is InChI=1S/C8H16N2/c1-6-10(5)8(9-4)7(2)3/h6-7H,1H2,2-5H3. The molecule has 0 atom stereocenters. The highest BCUT2D eigenvalue weighted by Crippen LogP contribution is 2.00. The van der Waals surface area contributed by atoms with Gasteiger partial charge in [-0.15, -0.1) is 0 Å². The molecule has 0 aliphatic heterocycles. The van der Waals surface area contributed by atoms with E-state index in [0.29, 0.717) is 5.92 Å². The van der Waals surface area contributed by atoms with Gasteiger partial charge < -0.3 is 4.90 Å². The third-order valence-corrected chi connectivity index (χ3v) is 1.38. The van der Waals surface area contributed by atoms with Crippen molar-refractivity contribution in [2.24, 2.45) is 10.9 Å². The zero-order chi connectivity index (χ0) is 8.15. The Bertz CT molecular complexity index is 136. The van der Waals surface area contributed by atoms with Gasteiger partial charge in [0.05, 0.1) is 0 Å². The molecule has 58 valence electrons. The predicted octanol–water partition coefficient (Wildman–Crippen LogP) is 1.75. The van der Waals surface area contributed by atoms with Gasteiger partial charge in [-0.3, -0.25) is 4.99 Å². The molecular formula is C8H16N2. The van der Waals surface area contributed by atoms with Crippen molar-refractivity contribution in [1.82, 2.24) is 4.90 Å². The molecule has 0 amide bonds. The number of rotatable bonds is 2. The molecule has 0 aliphatic carbocycles. The molecule has 2 heteroatoms. The highest BCUT2D eigenvalue weighted by atomic mass is 15.1. The number of hydrogen-bond acceptors (Lipinski definition) is 1. The van der Waals surface area contributed by atoms with Crippen LogP contribution in [0.25, 0.3) is 0 Å². The Morgan fingerprint density at radius 3 is 2.20 bits per heavy atom. The Morgan fingerprint density at radius 2 is 2.10 bits per heavy atom. The van der Waals surface area contributed by atoms with Crippen LogP contribution < -0.4 is 0 Å². The molecule has 0 saturated carbocycles. The van der Waals surface area contributed by atoms with E-state index >= 15 is 0 Å². The highest BCUT2D eigenvalue weighted by molar-refractivity contribution is 5.84. The average Bonchev–Trinajstić information content (AvgIpc) is 1.88. The summed E-state index contributed by atoms with van der Waals surface area (Å²) in [6, 6.07) is 0. The van der Waals surface area contributed by atoms with Crippen molar-refractivity contribution in [2.75, 3.05) is 14.1 Å². The Balaban J connectivity index is 4.22. The Morgan fingerprint density at radius 1 is 1.60 bits per heavy atom. The second-order valence-corrected chi connectivity index (χ2v) is 2.53. The molecule has 10 heavy (non-hydrogen) atoms. The van der Waals surface area contributed by atoms with Gasteiger partial charge in [-0.25, -0.2) is 0 Å². The van der Waals surface area contributed by atoms with E-state index < -0.39 is 0 Å². The molecule has 0 radical (unpaired) electrons. The summed E-state index contributed by atoms with van der Waals surface area (Å²) in [6.07, 6.45) is 1.77. The number of hydrogen-bond donors (Lipinski definition) is 0. The van der Waals surface area contributed by atoms with Gasteiger partial charge in [0.25, 0.3) is 0 Å². The minimum absolute atomic E-state index is 0.466. The van der Waals surface area contributed by atoms with Crippen LogP contribution in [0.3, 0.4) is 0 Å². The highest BCUT2D eigenvalue weighted by Gasteiger charge is 2.05. The molecule has 0 aromatic carbocycles. The van der Waals surface area contributed by atoms with E-state index in [2.05, 4.69) is 25.4 Å². The fourth-order valence-electron chi connectivity index (χ4n) is 0.917. The molecule has 0 unspecified atom stereocenters. The maximum atomic E-state index is 4.13. The van der Waals surface area contributed by atoms with Crippen LogP contribution in [0, 0.1) is 5.92 Å². The molecule has 0 saturated heterocycles. The Hall–Kier alpha value is -0.790. The van der Waals surface area contributed by atoms with Crippen LogP contribution in [-0.2, 0) is 0 Å². The van der Waals surface area contributed by atoms with Gasteiger partial charge in [0.2, 0.25) is 0 Å². The zero-order valence-corrected chi connectivity index (χ0v) is 7.26. The molecule has 0 rings (SSSR count). The lowest BCUT2D eigenvalue weighted by molar-refractivity contribution is 0.626. The van der Waals surface area contributed by atoms with Crippen molar-refractivity contribution in [3.8, 4) is 0 Å². The smallest absolute Gasteiger partial charge is 0.105 e. The Labute approximate surface area is 63.3 Å². The molecule has 2 nitrogen and oxygen atoms in total. The summed E-state index contributed by atoms with van der Waals surface area (Å²) < 4.78 is 0. The summed E-state index contributed by atoms with van der Waals surface area (Å²) >= 11 is 0. The van der Waals surface area contributed by atoms with Gasteiger partial charge in [0.1, 0.15) is 5.84 Å². The van der Waals surface area contributed by atoms with Crippen LogP contribution in [0.1, 0.15) is 13.8 Å². The number of amidine groups is 1. The van der Waals surface area contributed by atoms with Crippen molar-refractivity contribution < 1.29 is 0 Å². The van der Waals surface area contributed by atoms with Crippen LogP contribution in [0.15, 0.2) is 17.8 Å². The van der Waals surface area contributed by atoms with Crippen molar-refractivity contribution in [2.45, 2.75) is 13.8 Å². The van der Waals surface area contributed by atoms with E-state index in [1.807, 2.05) is 11.9 Å². The summed E-state index contributed by atoms with van der Waals surface area (Å²) in [6.45, 7) is 7.88. The van der Waals surface area contributed by atoms with E-state index in [-0.39, 0.29) is 0 Å². The molecule has 0 bridgehead atoms. The summed E-state index contributed by atoms with van der Waals surface area (Å²) in [7, 11) is 3.75. The van der Waals surface area contributed by atoms with E-state index in [9.17, 15) is 0 Å². The van der Waals surface area contributed by atoms with Gasteiger partial charge in [-0.05, 0) is 6.20 Å². The largest absolute Gasteiger partial charge is 0.340 e. The van der Waals surface area contributed by atoms with Crippen LogP contribution in [-0.4, -0.2) is 24.8 Å². The molecule has 0 aromatic rings. The van der Waals surface area contributed by atoms with E-state index in [4.69, 9.17) is 0 Å². The molecule has 0 spiro atoms. The lowest BCUT2D eigenvalue weighted by Gasteiger charge is -2.18. The second kappa shape index (κ2) is 4.09. The fraction of sp³-hybridized carbons (Fsp3) is 0.625. The first-order valence-corrected chi connectivity index (χ1v) is 3.45. The quantitative estimate of drug-likeness (QED) is 0.421. The fourth-order valence-corrected chi connectivity index (χ4v) is 0.917. The average molecular weight is 140 g/mol.